The van der Waals surface area contributed by atoms with E-state index in [4.69, 9.17) is 14.5 Å². The molecule has 2 N–H and O–H groups in total. The fraction of sp³-hybridized carbons (Fsp3) is 0.357. The molecule has 0 radical (unpaired) electrons. The Morgan fingerprint density at radius 1 is 1.21 bits per heavy atom. The lowest BCUT2D eigenvalue weighted by molar-refractivity contribution is 0.0945. The number of halogens is 1. The van der Waals surface area contributed by atoms with Gasteiger partial charge in [0.2, 0.25) is 6.79 Å². The molecule has 10 heteroatoms. The first-order valence-corrected chi connectivity index (χ1v) is 14.3. The second-order valence-electron chi connectivity index (χ2n) is 10.3. The molecule has 3 aromatic rings. The average molecular weight is 601 g/mol. The molecule has 38 heavy (non-hydrogen) atoms. The highest BCUT2D eigenvalue weighted by Gasteiger charge is 2.44. The number of nitrogens with zero attached hydrogens (tertiary/aromatic N) is 2. The molecule has 3 heterocycles. The minimum absolute atomic E-state index is 0.0579. The van der Waals surface area contributed by atoms with Gasteiger partial charge in [-0.25, -0.2) is 4.98 Å². The molecular weight excluding hydrogens is 570 g/mol. The third kappa shape index (κ3) is 5.41. The molecule has 1 amide bonds. The van der Waals surface area contributed by atoms with Crippen molar-refractivity contribution >= 4 is 33.2 Å². The Labute approximate surface area is 233 Å². The van der Waals surface area contributed by atoms with Gasteiger partial charge in [0.15, 0.2) is 11.5 Å². The smallest absolute Gasteiger partial charge is 0.270 e. The summed E-state index contributed by atoms with van der Waals surface area (Å²) in [5, 5.41) is 12.9. The van der Waals surface area contributed by atoms with E-state index in [0.29, 0.717) is 36.7 Å². The topological polar surface area (TPSA) is 107 Å². The minimum Gasteiger partial charge on any atom is -0.597 e. The van der Waals surface area contributed by atoms with Crippen LogP contribution in [0.2, 0.25) is 0 Å². The Bertz CT molecular complexity index is 1360. The number of nitrogens with one attached hydrogen (secondary N) is 1. The molecule has 0 aliphatic carbocycles. The molecule has 2 atom stereocenters. The van der Waals surface area contributed by atoms with E-state index in [1.54, 1.807) is 6.07 Å². The number of amides is 1. The van der Waals surface area contributed by atoms with Crippen LogP contribution in [0.4, 0.5) is 0 Å². The van der Waals surface area contributed by atoms with Gasteiger partial charge < -0.3 is 24.4 Å². The molecule has 1 aromatic heterocycles. The molecule has 8 nitrogen and oxygen atoms in total. The summed E-state index contributed by atoms with van der Waals surface area (Å²) in [6, 6.07) is 14.8. The highest BCUT2D eigenvalue weighted by Crippen LogP contribution is 2.45. The number of hydrogen-bond donors (Lipinski definition) is 2. The van der Waals surface area contributed by atoms with Gasteiger partial charge >= 0.3 is 0 Å². The maximum Gasteiger partial charge on any atom is 0.270 e. The van der Waals surface area contributed by atoms with Gasteiger partial charge in [0.05, 0.1) is 18.3 Å². The van der Waals surface area contributed by atoms with E-state index in [-0.39, 0.29) is 31.0 Å². The van der Waals surface area contributed by atoms with E-state index in [1.165, 1.54) is 0 Å². The lowest BCUT2D eigenvalue weighted by Crippen LogP contribution is -2.42. The molecule has 0 fully saturated rings. The number of aromatic nitrogens is 1. The summed E-state index contributed by atoms with van der Waals surface area (Å²) in [5.74, 6) is 1.04. The second-order valence-corrected chi connectivity index (χ2v) is 13.4. The van der Waals surface area contributed by atoms with Crippen molar-refractivity contribution in [1.82, 2.24) is 14.6 Å². The summed E-state index contributed by atoms with van der Waals surface area (Å²) in [6.45, 7) is 6.64. The molecule has 0 bridgehead atoms. The monoisotopic (exact) mass is 599 g/mol. The number of aliphatic hydroxyl groups excluding tert-OH is 1. The van der Waals surface area contributed by atoms with Crippen LogP contribution >= 0.6 is 15.9 Å². The molecular formula is C28H30BrN3O5S. The van der Waals surface area contributed by atoms with Crippen LogP contribution in [0, 0.1) is 0 Å². The molecule has 2 aliphatic heterocycles. The van der Waals surface area contributed by atoms with Crippen LogP contribution in [0.25, 0.3) is 11.3 Å². The number of aliphatic hydroxyl groups is 1. The largest absolute Gasteiger partial charge is 0.597 e. The Hall–Kier alpha value is -2.63. The van der Waals surface area contributed by atoms with Crippen LogP contribution in [-0.4, -0.2) is 43.0 Å². The first-order chi connectivity index (χ1) is 18.2. The molecule has 0 saturated heterocycles. The summed E-state index contributed by atoms with van der Waals surface area (Å²) in [5.41, 5.74) is 4.45. The van der Waals surface area contributed by atoms with E-state index in [9.17, 15) is 14.5 Å². The van der Waals surface area contributed by atoms with Crippen LogP contribution in [-0.2, 0) is 24.5 Å². The van der Waals surface area contributed by atoms with E-state index < -0.39 is 16.1 Å². The Morgan fingerprint density at radius 3 is 2.74 bits per heavy atom. The van der Waals surface area contributed by atoms with Crippen LogP contribution in [0.5, 0.6) is 11.5 Å². The number of rotatable bonds is 7. The van der Waals surface area contributed by atoms with Crippen molar-refractivity contribution in [2.45, 2.75) is 51.1 Å². The number of hydrogen-bond acceptors (Lipinski definition) is 7. The predicted molar refractivity (Wildman–Crippen MR) is 149 cm³/mol. The van der Waals surface area contributed by atoms with Crippen LogP contribution in [0.3, 0.4) is 0 Å². The summed E-state index contributed by atoms with van der Waals surface area (Å²) >= 11 is 2.22. The predicted octanol–water partition coefficient (Wildman–Crippen LogP) is 4.87. The zero-order valence-electron chi connectivity index (χ0n) is 21.5. The van der Waals surface area contributed by atoms with Crippen molar-refractivity contribution in [2.75, 3.05) is 13.4 Å². The van der Waals surface area contributed by atoms with Gasteiger partial charge in [0.1, 0.15) is 10.4 Å². The lowest BCUT2D eigenvalue weighted by atomic mass is 9.96. The summed E-state index contributed by atoms with van der Waals surface area (Å²) in [7, 11) is 0. The normalized spacial score (nSPS) is 17.4. The Balaban J connectivity index is 1.50. The quantitative estimate of drug-likeness (QED) is 0.373. The fourth-order valence-electron chi connectivity index (χ4n) is 4.77. The van der Waals surface area contributed by atoms with Crippen molar-refractivity contribution < 1.29 is 23.9 Å². The zero-order chi connectivity index (χ0) is 27.0. The number of carbonyl (C=O) groups excluding carboxylic acids is 1. The SMILES string of the molecule is CC(C)(C)[S+]([O-])N1Cc2cc(C(=O)NCc3ccc4c(c3)OCO4)nc(-c3cccc(Br)c3)c2[C@@H]1CCO. The zero-order valence-corrected chi connectivity index (χ0v) is 23.9. The average Bonchev–Trinajstić information content (AvgIpc) is 3.50. The molecule has 0 saturated carbocycles. The molecule has 5 rings (SSSR count). The summed E-state index contributed by atoms with van der Waals surface area (Å²) < 4.78 is 26.6. The molecule has 200 valence electrons. The van der Waals surface area contributed by atoms with E-state index >= 15 is 0 Å². The van der Waals surface area contributed by atoms with Crippen molar-refractivity contribution in [1.29, 1.82) is 0 Å². The molecule has 2 aliphatic rings. The van der Waals surface area contributed by atoms with Gasteiger partial charge in [-0.1, -0.05) is 34.1 Å². The van der Waals surface area contributed by atoms with Crippen molar-refractivity contribution in [3.8, 4) is 22.8 Å². The Morgan fingerprint density at radius 2 is 2.00 bits per heavy atom. The van der Waals surface area contributed by atoms with E-state index in [2.05, 4.69) is 21.2 Å². The number of carbonyl (C=O) groups is 1. The highest BCUT2D eigenvalue weighted by molar-refractivity contribution is 9.10. The van der Waals surface area contributed by atoms with Gasteiger partial charge in [-0.05, 0) is 68.7 Å². The van der Waals surface area contributed by atoms with Crippen LogP contribution in [0.15, 0.2) is 53.0 Å². The third-order valence-electron chi connectivity index (χ3n) is 6.51. The standard InChI is InChI=1S/C28H30BrN3O5S/c1-28(2,3)38(35)32-15-19-13-21(27(34)30-14-17-7-8-23-24(11-17)37-16-36-23)31-26(25(19)22(32)9-10-33)18-5-4-6-20(29)12-18/h4-8,11-13,22,33H,9-10,14-16H2,1-3H3,(H,30,34)/t22-,38?/m0/s1. The Kier molecular flexibility index (Phi) is 7.70. The number of pyridine rings is 1. The van der Waals surface area contributed by atoms with Gasteiger partial charge in [0, 0.05) is 40.1 Å². The number of ether oxygens (including phenoxy) is 2. The number of fused-ring (bicyclic) bond motifs is 2. The van der Waals surface area contributed by atoms with Gasteiger partial charge in [-0.3, -0.25) is 4.79 Å². The highest BCUT2D eigenvalue weighted by atomic mass is 79.9. The van der Waals surface area contributed by atoms with Crippen LogP contribution < -0.4 is 14.8 Å². The van der Waals surface area contributed by atoms with Gasteiger partial charge in [-0.2, -0.15) is 0 Å². The molecule has 1 unspecified atom stereocenters. The fourth-order valence-corrected chi connectivity index (χ4v) is 6.57. The third-order valence-corrected chi connectivity index (χ3v) is 8.86. The summed E-state index contributed by atoms with van der Waals surface area (Å²) in [6.07, 6.45) is 0.410. The maximum atomic E-state index is 13.5. The van der Waals surface area contributed by atoms with E-state index in [0.717, 1.165) is 26.7 Å². The minimum atomic E-state index is -1.32. The molecule has 2 aromatic carbocycles. The van der Waals surface area contributed by atoms with Crippen LogP contribution in [0.1, 0.15) is 60.4 Å². The first kappa shape index (κ1) is 27.0. The van der Waals surface area contributed by atoms with Crippen molar-refractivity contribution in [3.05, 3.63) is 75.4 Å². The maximum absolute atomic E-state index is 13.5. The van der Waals surface area contributed by atoms with Crippen molar-refractivity contribution in [3.63, 3.8) is 0 Å². The summed E-state index contributed by atoms with van der Waals surface area (Å²) in [4.78, 5) is 18.2. The van der Waals surface area contributed by atoms with Gasteiger partial charge in [-0.15, -0.1) is 4.31 Å². The van der Waals surface area contributed by atoms with Gasteiger partial charge in [0.25, 0.3) is 5.91 Å². The number of benzene rings is 2. The van der Waals surface area contributed by atoms with Crippen molar-refractivity contribution in [2.24, 2.45) is 0 Å². The lowest BCUT2D eigenvalue weighted by Gasteiger charge is -2.33. The second kappa shape index (κ2) is 10.9. The molecule has 0 spiro atoms. The first-order valence-electron chi connectivity index (χ1n) is 12.4. The van der Waals surface area contributed by atoms with E-state index in [1.807, 2.05) is 67.5 Å².